The van der Waals surface area contributed by atoms with Crippen molar-refractivity contribution in [2.75, 3.05) is 13.6 Å². The van der Waals surface area contributed by atoms with Crippen LogP contribution in [-0.4, -0.2) is 41.6 Å². The molecule has 0 aromatic carbocycles. The SMILES string of the molecule is CN(CC(C)(C)C)C(=O)NC1CCCCCC1C(=O)O. The highest BCUT2D eigenvalue weighted by molar-refractivity contribution is 5.76. The van der Waals surface area contributed by atoms with E-state index < -0.39 is 11.9 Å². The fourth-order valence-electron chi connectivity index (χ4n) is 2.83. The molecule has 0 bridgehead atoms. The number of nitrogens with one attached hydrogen (secondary N) is 1. The highest BCUT2D eigenvalue weighted by Crippen LogP contribution is 2.24. The first-order valence-corrected chi connectivity index (χ1v) is 7.45. The van der Waals surface area contributed by atoms with Gasteiger partial charge in [-0.1, -0.05) is 40.0 Å². The molecule has 0 spiro atoms. The van der Waals surface area contributed by atoms with Gasteiger partial charge in [0.15, 0.2) is 0 Å². The summed E-state index contributed by atoms with van der Waals surface area (Å²) in [6.07, 6.45) is 4.38. The number of nitrogens with zero attached hydrogens (tertiary/aromatic N) is 1. The summed E-state index contributed by atoms with van der Waals surface area (Å²) in [5.41, 5.74) is 0.0295. The molecule has 116 valence electrons. The third kappa shape index (κ3) is 5.39. The molecule has 1 saturated carbocycles. The fraction of sp³-hybridized carbons (Fsp3) is 0.867. The van der Waals surface area contributed by atoms with E-state index >= 15 is 0 Å². The largest absolute Gasteiger partial charge is 0.481 e. The molecule has 1 rings (SSSR count). The lowest BCUT2D eigenvalue weighted by Crippen LogP contribution is -2.49. The zero-order chi connectivity index (χ0) is 15.3. The molecule has 2 N–H and O–H groups in total. The Morgan fingerprint density at radius 3 is 2.35 bits per heavy atom. The van der Waals surface area contributed by atoms with Gasteiger partial charge in [-0.15, -0.1) is 0 Å². The lowest BCUT2D eigenvalue weighted by Gasteiger charge is -2.30. The Kier molecular flexibility index (Phi) is 5.84. The molecule has 0 saturated heterocycles. The average molecular weight is 284 g/mol. The van der Waals surface area contributed by atoms with Gasteiger partial charge in [0, 0.05) is 19.6 Å². The number of hydrogen-bond donors (Lipinski definition) is 2. The molecule has 5 nitrogen and oxygen atoms in total. The van der Waals surface area contributed by atoms with E-state index in [0.717, 1.165) is 25.7 Å². The standard InChI is InChI=1S/C15H28N2O3/c1-15(2,3)10-17(4)14(20)16-12-9-7-5-6-8-11(12)13(18)19/h11-12H,5-10H2,1-4H3,(H,16,20)(H,18,19). The predicted molar refractivity (Wildman–Crippen MR) is 78.6 cm³/mol. The molecule has 20 heavy (non-hydrogen) atoms. The smallest absolute Gasteiger partial charge is 0.317 e. The molecule has 0 radical (unpaired) electrons. The minimum absolute atomic E-state index is 0.0295. The van der Waals surface area contributed by atoms with Gasteiger partial charge in [-0.3, -0.25) is 4.79 Å². The maximum Gasteiger partial charge on any atom is 0.317 e. The second kappa shape index (κ2) is 6.95. The molecule has 1 fully saturated rings. The van der Waals surface area contributed by atoms with Gasteiger partial charge < -0.3 is 15.3 Å². The molecule has 2 atom stereocenters. The third-order valence-corrected chi connectivity index (χ3v) is 3.70. The predicted octanol–water partition coefficient (Wildman–Crippen LogP) is 2.71. The number of amides is 2. The van der Waals surface area contributed by atoms with E-state index in [-0.39, 0.29) is 17.5 Å². The van der Waals surface area contributed by atoms with Crippen LogP contribution in [-0.2, 0) is 4.79 Å². The summed E-state index contributed by atoms with van der Waals surface area (Å²) >= 11 is 0. The number of rotatable bonds is 3. The van der Waals surface area contributed by atoms with E-state index in [0.29, 0.717) is 13.0 Å². The van der Waals surface area contributed by atoms with Crippen molar-refractivity contribution in [2.45, 2.75) is 58.9 Å². The molecule has 0 aromatic heterocycles. The van der Waals surface area contributed by atoms with Gasteiger partial charge >= 0.3 is 12.0 Å². The molecule has 0 aromatic rings. The van der Waals surface area contributed by atoms with Crippen LogP contribution < -0.4 is 5.32 Å². The number of urea groups is 1. The summed E-state index contributed by atoms with van der Waals surface area (Å²) < 4.78 is 0. The normalized spacial score (nSPS) is 23.8. The first-order valence-electron chi connectivity index (χ1n) is 7.45. The van der Waals surface area contributed by atoms with Gasteiger partial charge in [0.2, 0.25) is 0 Å². The van der Waals surface area contributed by atoms with Crippen molar-refractivity contribution in [1.29, 1.82) is 0 Å². The van der Waals surface area contributed by atoms with E-state index in [1.54, 1.807) is 11.9 Å². The van der Waals surface area contributed by atoms with Crippen molar-refractivity contribution >= 4 is 12.0 Å². The Hall–Kier alpha value is -1.26. The van der Waals surface area contributed by atoms with Crippen LogP contribution in [0.4, 0.5) is 4.79 Å². The summed E-state index contributed by atoms with van der Waals surface area (Å²) in [7, 11) is 1.76. The molecule has 0 heterocycles. The van der Waals surface area contributed by atoms with E-state index in [4.69, 9.17) is 0 Å². The van der Waals surface area contributed by atoms with Gasteiger partial charge in [0.25, 0.3) is 0 Å². The summed E-state index contributed by atoms with van der Waals surface area (Å²) in [6, 6.07) is -0.414. The van der Waals surface area contributed by atoms with Crippen molar-refractivity contribution in [3.8, 4) is 0 Å². The second-order valence-corrected chi connectivity index (χ2v) is 7.06. The lowest BCUT2D eigenvalue weighted by molar-refractivity contribution is -0.142. The molecular formula is C15H28N2O3. The van der Waals surface area contributed by atoms with Gasteiger partial charge in [-0.05, 0) is 18.3 Å². The molecule has 1 aliphatic rings. The number of carboxylic acids is 1. The van der Waals surface area contributed by atoms with Crippen molar-refractivity contribution < 1.29 is 14.7 Å². The summed E-state index contributed by atoms with van der Waals surface area (Å²) in [5.74, 6) is -1.25. The zero-order valence-corrected chi connectivity index (χ0v) is 13.1. The molecule has 0 aliphatic heterocycles. The van der Waals surface area contributed by atoms with Crippen molar-refractivity contribution in [3.05, 3.63) is 0 Å². The van der Waals surface area contributed by atoms with Crippen LogP contribution in [0, 0.1) is 11.3 Å². The van der Waals surface area contributed by atoms with Crippen molar-refractivity contribution in [1.82, 2.24) is 10.2 Å². The minimum Gasteiger partial charge on any atom is -0.481 e. The first-order chi connectivity index (χ1) is 9.20. The number of carbonyl (C=O) groups is 2. The van der Waals surface area contributed by atoms with Crippen LogP contribution in [0.3, 0.4) is 0 Å². The van der Waals surface area contributed by atoms with Crippen LogP contribution in [0.2, 0.25) is 0 Å². The van der Waals surface area contributed by atoms with Gasteiger partial charge in [0.05, 0.1) is 5.92 Å². The molecule has 1 aliphatic carbocycles. The van der Waals surface area contributed by atoms with Crippen molar-refractivity contribution in [2.24, 2.45) is 11.3 Å². The molecular weight excluding hydrogens is 256 g/mol. The van der Waals surface area contributed by atoms with Crippen LogP contribution in [0.25, 0.3) is 0 Å². The monoisotopic (exact) mass is 284 g/mol. The molecule has 2 unspecified atom stereocenters. The van der Waals surface area contributed by atoms with Crippen LogP contribution in [0.15, 0.2) is 0 Å². The lowest BCUT2D eigenvalue weighted by atomic mass is 9.94. The Bertz CT molecular complexity index is 350. The first kappa shape index (κ1) is 16.8. The molecule has 5 heteroatoms. The summed E-state index contributed by atoms with van der Waals surface area (Å²) in [6.45, 7) is 6.86. The number of carbonyl (C=O) groups excluding carboxylic acids is 1. The third-order valence-electron chi connectivity index (χ3n) is 3.70. The number of carboxylic acid groups (broad SMARTS) is 1. The van der Waals surface area contributed by atoms with Crippen LogP contribution in [0.5, 0.6) is 0 Å². The Balaban J connectivity index is 2.63. The zero-order valence-electron chi connectivity index (χ0n) is 13.1. The van der Waals surface area contributed by atoms with Crippen molar-refractivity contribution in [3.63, 3.8) is 0 Å². The van der Waals surface area contributed by atoms with E-state index in [9.17, 15) is 14.7 Å². The maximum absolute atomic E-state index is 12.2. The van der Waals surface area contributed by atoms with E-state index in [1.165, 1.54) is 0 Å². The maximum atomic E-state index is 12.2. The van der Waals surface area contributed by atoms with E-state index in [2.05, 4.69) is 26.1 Å². The molecule has 2 amide bonds. The number of aliphatic carboxylic acids is 1. The number of hydrogen-bond acceptors (Lipinski definition) is 2. The average Bonchev–Trinajstić information content (AvgIpc) is 2.52. The highest BCUT2D eigenvalue weighted by atomic mass is 16.4. The van der Waals surface area contributed by atoms with E-state index in [1.807, 2.05) is 0 Å². The Morgan fingerprint density at radius 2 is 1.80 bits per heavy atom. The van der Waals surface area contributed by atoms with Gasteiger partial charge in [-0.2, -0.15) is 0 Å². The van der Waals surface area contributed by atoms with Crippen LogP contribution in [0.1, 0.15) is 52.9 Å². The fourth-order valence-corrected chi connectivity index (χ4v) is 2.83. The minimum atomic E-state index is -0.796. The quantitative estimate of drug-likeness (QED) is 0.783. The highest BCUT2D eigenvalue weighted by Gasteiger charge is 2.31. The second-order valence-electron chi connectivity index (χ2n) is 7.06. The Morgan fingerprint density at radius 1 is 1.20 bits per heavy atom. The topological polar surface area (TPSA) is 69.6 Å². The van der Waals surface area contributed by atoms with Gasteiger partial charge in [-0.25, -0.2) is 4.79 Å². The Labute approximate surface area is 121 Å². The van der Waals surface area contributed by atoms with Crippen LogP contribution >= 0.6 is 0 Å². The summed E-state index contributed by atoms with van der Waals surface area (Å²) in [5, 5.41) is 12.2. The van der Waals surface area contributed by atoms with Gasteiger partial charge in [0.1, 0.15) is 0 Å². The summed E-state index contributed by atoms with van der Waals surface area (Å²) in [4.78, 5) is 25.2.